The van der Waals surface area contributed by atoms with E-state index in [1.54, 1.807) is 30.9 Å². The van der Waals surface area contributed by atoms with E-state index < -0.39 is 0 Å². The van der Waals surface area contributed by atoms with Gasteiger partial charge in [0, 0.05) is 36.4 Å². The Hall–Kier alpha value is -3.09. The van der Waals surface area contributed by atoms with Crippen LogP contribution < -0.4 is 10.3 Å². The Balaban J connectivity index is 1.81. The number of ether oxygens (including phenoxy) is 1. The van der Waals surface area contributed by atoms with Crippen LogP contribution in [0.15, 0.2) is 47.8 Å². The molecule has 3 aromatic rings. The summed E-state index contributed by atoms with van der Waals surface area (Å²) in [5.41, 5.74) is 3.13. The summed E-state index contributed by atoms with van der Waals surface area (Å²) in [4.78, 5) is 24.7. The third kappa shape index (κ3) is 4.50. The standard InChI is InChI=1S/C19H21N5O2/c1-13(2)12-26-19-21-9-16(10-22-19)17-4-5-18(25)24(23-17)11-15-6-14(3)7-20-8-15/h4-10,13H,11-12H2,1-3H3. The molecule has 0 aliphatic rings. The first kappa shape index (κ1) is 17.7. The molecule has 3 rings (SSSR count). The lowest BCUT2D eigenvalue weighted by atomic mass is 10.2. The first-order valence-corrected chi connectivity index (χ1v) is 8.45. The molecule has 0 radical (unpaired) electrons. The van der Waals surface area contributed by atoms with Crippen molar-refractivity contribution in [3.05, 3.63) is 64.5 Å². The van der Waals surface area contributed by atoms with Crippen LogP contribution in [0.5, 0.6) is 6.01 Å². The maximum Gasteiger partial charge on any atom is 0.316 e. The van der Waals surface area contributed by atoms with Crippen molar-refractivity contribution in [2.24, 2.45) is 5.92 Å². The maximum absolute atomic E-state index is 12.1. The third-order valence-electron chi connectivity index (χ3n) is 3.60. The Kier molecular flexibility index (Phi) is 5.36. The molecular formula is C19H21N5O2. The third-order valence-corrected chi connectivity index (χ3v) is 3.60. The predicted molar refractivity (Wildman–Crippen MR) is 97.9 cm³/mol. The van der Waals surface area contributed by atoms with Crippen molar-refractivity contribution in [2.75, 3.05) is 6.61 Å². The number of pyridine rings is 1. The van der Waals surface area contributed by atoms with E-state index in [4.69, 9.17) is 4.74 Å². The molecule has 0 saturated carbocycles. The molecule has 0 saturated heterocycles. The monoisotopic (exact) mass is 351 g/mol. The first-order valence-electron chi connectivity index (χ1n) is 8.45. The molecule has 0 unspecified atom stereocenters. The smallest absolute Gasteiger partial charge is 0.316 e. The van der Waals surface area contributed by atoms with Gasteiger partial charge in [-0.3, -0.25) is 9.78 Å². The lowest BCUT2D eigenvalue weighted by molar-refractivity contribution is 0.251. The number of hydrogen-bond donors (Lipinski definition) is 0. The molecule has 0 amide bonds. The summed E-state index contributed by atoms with van der Waals surface area (Å²) in [6.45, 7) is 7.00. The molecule has 0 aromatic carbocycles. The largest absolute Gasteiger partial charge is 0.463 e. The Morgan fingerprint density at radius 3 is 2.58 bits per heavy atom. The number of hydrogen-bond acceptors (Lipinski definition) is 6. The molecule has 134 valence electrons. The minimum absolute atomic E-state index is 0.173. The second kappa shape index (κ2) is 7.86. The maximum atomic E-state index is 12.1. The molecule has 0 aliphatic heterocycles. The molecular weight excluding hydrogens is 330 g/mol. The highest BCUT2D eigenvalue weighted by Gasteiger charge is 2.07. The van der Waals surface area contributed by atoms with Crippen molar-refractivity contribution in [1.82, 2.24) is 24.7 Å². The van der Waals surface area contributed by atoms with Crippen LogP contribution in [-0.4, -0.2) is 31.3 Å². The highest BCUT2D eigenvalue weighted by Crippen LogP contribution is 2.15. The summed E-state index contributed by atoms with van der Waals surface area (Å²) in [6.07, 6.45) is 6.80. The van der Waals surface area contributed by atoms with E-state index in [9.17, 15) is 4.79 Å². The van der Waals surface area contributed by atoms with Crippen LogP contribution in [0.25, 0.3) is 11.3 Å². The van der Waals surface area contributed by atoms with Gasteiger partial charge >= 0.3 is 6.01 Å². The number of aromatic nitrogens is 5. The van der Waals surface area contributed by atoms with E-state index in [2.05, 4.69) is 33.9 Å². The van der Waals surface area contributed by atoms with Crippen LogP contribution in [0, 0.1) is 12.8 Å². The molecule has 0 fully saturated rings. The minimum atomic E-state index is -0.173. The fraction of sp³-hybridized carbons (Fsp3) is 0.316. The zero-order valence-electron chi connectivity index (χ0n) is 15.1. The van der Waals surface area contributed by atoms with Gasteiger partial charge in [0.25, 0.3) is 5.56 Å². The van der Waals surface area contributed by atoms with E-state index in [1.165, 1.54) is 10.7 Å². The summed E-state index contributed by atoms with van der Waals surface area (Å²) < 4.78 is 6.90. The van der Waals surface area contributed by atoms with Gasteiger partial charge in [0.1, 0.15) is 0 Å². The van der Waals surface area contributed by atoms with Gasteiger partial charge in [0.2, 0.25) is 0 Å². The molecule has 0 aliphatic carbocycles. The Morgan fingerprint density at radius 1 is 1.12 bits per heavy atom. The molecule has 26 heavy (non-hydrogen) atoms. The molecule has 3 heterocycles. The second-order valence-electron chi connectivity index (χ2n) is 6.54. The molecule has 7 nitrogen and oxygen atoms in total. The SMILES string of the molecule is Cc1cncc(Cn2nc(-c3cnc(OCC(C)C)nc3)ccc2=O)c1. The summed E-state index contributed by atoms with van der Waals surface area (Å²) >= 11 is 0. The van der Waals surface area contributed by atoms with Gasteiger partial charge in [0.15, 0.2) is 0 Å². The summed E-state index contributed by atoms with van der Waals surface area (Å²) in [7, 11) is 0. The highest BCUT2D eigenvalue weighted by molar-refractivity contribution is 5.55. The fourth-order valence-corrected chi connectivity index (χ4v) is 2.36. The highest BCUT2D eigenvalue weighted by atomic mass is 16.5. The Labute approximate surface area is 151 Å². The zero-order chi connectivity index (χ0) is 18.5. The molecule has 0 bridgehead atoms. The Morgan fingerprint density at radius 2 is 1.88 bits per heavy atom. The van der Waals surface area contributed by atoms with Gasteiger partial charge in [-0.2, -0.15) is 5.10 Å². The van der Waals surface area contributed by atoms with E-state index in [-0.39, 0.29) is 5.56 Å². The van der Waals surface area contributed by atoms with E-state index in [0.717, 1.165) is 16.7 Å². The minimum Gasteiger partial charge on any atom is -0.463 e. The fourth-order valence-electron chi connectivity index (χ4n) is 2.36. The van der Waals surface area contributed by atoms with Gasteiger partial charge in [-0.15, -0.1) is 0 Å². The van der Waals surface area contributed by atoms with E-state index >= 15 is 0 Å². The van der Waals surface area contributed by atoms with Crippen LogP contribution in [0.3, 0.4) is 0 Å². The van der Waals surface area contributed by atoms with Gasteiger partial charge in [-0.25, -0.2) is 14.6 Å². The predicted octanol–water partition coefficient (Wildman–Crippen LogP) is 2.49. The lowest BCUT2D eigenvalue weighted by Gasteiger charge is -2.09. The number of aryl methyl sites for hydroxylation is 1. The quantitative estimate of drug-likeness (QED) is 0.678. The van der Waals surface area contributed by atoms with Crippen LogP contribution >= 0.6 is 0 Å². The summed E-state index contributed by atoms with van der Waals surface area (Å²) in [6, 6.07) is 5.48. The molecule has 0 spiro atoms. The average Bonchev–Trinajstić information content (AvgIpc) is 2.62. The van der Waals surface area contributed by atoms with E-state index in [0.29, 0.717) is 30.8 Å². The first-order chi connectivity index (χ1) is 12.5. The van der Waals surface area contributed by atoms with Crippen LogP contribution in [0.4, 0.5) is 0 Å². The lowest BCUT2D eigenvalue weighted by Crippen LogP contribution is -2.23. The van der Waals surface area contributed by atoms with Crippen LogP contribution in [-0.2, 0) is 6.54 Å². The zero-order valence-corrected chi connectivity index (χ0v) is 15.1. The van der Waals surface area contributed by atoms with Crippen molar-refractivity contribution >= 4 is 0 Å². The summed E-state index contributed by atoms with van der Waals surface area (Å²) in [5.74, 6) is 0.402. The Bertz CT molecular complexity index is 935. The number of rotatable bonds is 6. The van der Waals surface area contributed by atoms with Gasteiger partial charge in [-0.1, -0.05) is 19.9 Å². The topological polar surface area (TPSA) is 82.8 Å². The van der Waals surface area contributed by atoms with Crippen molar-refractivity contribution in [1.29, 1.82) is 0 Å². The van der Waals surface area contributed by atoms with Crippen molar-refractivity contribution in [3.63, 3.8) is 0 Å². The van der Waals surface area contributed by atoms with Crippen molar-refractivity contribution in [2.45, 2.75) is 27.3 Å². The van der Waals surface area contributed by atoms with E-state index in [1.807, 2.05) is 13.0 Å². The summed E-state index contributed by atoms with van der Waals surface area (Å²) in [5, 5.41) is 4.43. The van der Waals surface area contributed by atoms with Crippen molar-refractivity contribution in [3.8, 4) is 17.3 Å². The van der Waals surface area contributed by atoms with Crippen molar-refractivity contribution < 1.29 is 4.74 Å². The molecule has 7 heteroatoms. The van der Waals surface area contributed by atoms with Crippen LogP contribution in [0.2, 0.25) is 0 Å². The van der Waals surface area contributed by atoms with Gasteiger partial charge < -0.3 is 4.74 Å². The van der Waals surface area contributed by atoms with Gasteiger partial charge in [0.05, 0.1) is 18.8 Å². The van der Waals surface area contributed by atoms with Crippen LogP contribution in [0.1, 0.15) is 25.0 Å². The number of nitrogens with zero attached hydrogens (tertiary/aromatic N) is 5. The van der Waals surface area contributed by atoms with Gasteiger partial charge in [-0.05, 0) is 30.0 Å². The normalized spacial score (nSPS) is 10.9. The average molecular weight is 351 g/mol. The molecule has 0 N–H and O–H groups in total. The molecule has 3 aromatic heterocycles. The molecule has 0 atom stereocenters. The second-order valence-corrected chi connectivity index (χ2v) is 6.54.